The van der Waals surface area contributed by atoms with Crippen LogP contribution in [0.2, 0.25) is 0 Å². The van der Waals surface area contributed by atoms with Gasteiger partial charge in [-0.25, -0.2) is 4.57 Å². The zero-order valence-corrected chi connectivity index (χ0v) is 28.4. The fraction of sp³-hybridized carbons (Fsp3) is 0.150. The number of ether oxygens (including phenoxy) is 2. The monoisotopic (exact) mass is 657 g/mol. The van der Waals surface area contributed by atoms with Gasteiger partial charge >= 0.3 is 0 Å². The lowest BCUT2D eigenvalue weighted by Crippen LogP contribution is -2.23. The minimum absolute atomic E-state index is 0. The number of hydrogen-bond acceptors (Lipinski definition) is 7. The molecule has 0 spiro atoms. The van der Waals surface area contributed by atoms with E-state index in [0.717, 1.165) is 37.3 Å². The first-order valence-electron chi connectivity index (χ1n) is 15.9. The van der Waals surface area contributed by atoms with Crippen LogP contribution in [0.1, 0.15) is 33.3 Å². The van der Waals surface area contributed by atoms with Gasteiger partial charge in [0.05, 0.1) is 27.2 Å². The highest BCUT2D eigenvalue weighted by Crippen LogP contribution is 2.29. The molecule has 2 aromatic heterocycles. The van der Waals surface area contributed by atoms with Gasteiger partial charge in [0.15, 0.2) is 0 Å². The fourth-order valence-corrected chi connectivity index (χ4v) is 5.40. The van der Waals surface area contributed by atoms with Crippen molar-refractivity contribution in [3.8, 4) is 39.8 Å². The Morgan fingerprint density at radius 2 is 0.878 bits per heavy atom. The molecule has 0 saturated carbocycles. The molecule has 0 fully saturated rings. The van der Waals surface area contributed by atoms with E-state index >= 15 is 0 Å². The van der Waals surface area contributed by atoms with E-state index in [1.807, 2.05) is 107 Å². The molecule has 49 heavy (non-hydrogen) atoms. The molecule has 0 saturated heterocycles. The van der Waals surface area contributed by atoms with Crippen LogP contribution in [0.25, 0.3) is 38.4 Å². The number of fused-ring (bicyclic) bond motifs is 2. The molecule has 0 aliphatic rings. The molecule has 250 valence electrons. The van der Waals surface area contributed by atoms with Gasteiger partial charge in [0.2, 0.25) is 0 Å². The SMILES string of the molecule is CC.CC.Cc1cccc(Oc2ccc(-c3ccc(Oc4cccc(-n5c(=O)c6cc7c(=O)n(C)c(=O)c7cc6c5=O)c4)cc3)cc2)c1.N. The van der Waals surface area contributed by atoms with Crippen molar-refractivity contribution in [2.75, 3.05) is 0 Å². The van der Waals surface area contributed by atoms with Crippen LogP contribution in [0, 0.1) is 6.92 Å². The Kier molecular flexibility index (Phi) is 11.1. The van der Waals surface area contributed by atoms with Crippen molar-refractivity contribution >= 4 is 21.5 Å². The van der Waals surface area contributed by atoms with Crippen molar-refractivity contribution in [1.29, 1.82) is 0 Å². The predicted octanol–water partition coefficient (Wildman–Crippen LogP) is 8.21. The van der Waals surface area contributed by atoms with Crippen LogP contribution < -0.4 is 37.9 Å². The third kappa shape index (κ3) is 6.97. The van der Waals surface area contributed by atoms with Crippen LogP contribution in [0.15, 0.2) is 128 Å². The summed E-state index contributed by atoms with van der Waals surface area (Å²) in [6, 6.07) is 32.6. The van der Waals surface area contributed by atoms with Gasteiger partial charge in [-0.3, -0.25) is 23.7 Å². The number of rotatable bonds is 6. The zero-order chi connectivity index (χ0) is 34.5. The summed E-state index contributed by atoms with van der Waals surface area (Å²) < 4.78 is 14.0. The summed E-state index contributed by atoms with van der Waals surface area (Å²) in [6.45, 7) is 10.0. The van der Waals surface area contributed by atoms with Gasteiger partial charge in [-0.2, -0.15) is 0 Å². The maximum Gasteiger partial charge on any atom is 0.266 e. The van der Waals surface area contributed by atoms with Crippen LogP contribution in [0.3, 0.4) is 0 Å². The number of aromatic nitrogens is 2. The predicted molar refractivity (Wildman–Crippen MR) is 198 cm³/mol. The summed E-state index contributed by atoms with van der Waals surface area (Å²) in [5.41, 5.74) is 1.31. The lowest BCUT2D eigenvalue weighted by molar-refractivity contribution is 0.482. The maximum atomic E-state index is 13.3. The van der Waals surface area contributed by atoms with Gasteiger partial charge in [0, 0.05) is 13.1 Å². The van der Waals surface area contributed by atoms with E-state index in [1.165, 1.54) is 19.2 Å². The van der Waals surface area contributed by atoms with Crippen LogP contribution in [-0.4, -0.2) is 9.13 Å². The third-order valence-electron chi connectivity index (χ3n) is 7.67. The molecule has 0 bridgehead atoms. The minimum atomic E-state index is -0.570. The molecule has 5 aromatic carbocycles. The molecule has 9 nitrogen and oxygen atoms in total. The number of nitrogens with zero attached hydrogens (tertiary/aromatic N) is 2. The Bertz CT molecular complexity index is 2350. The highest BCUT2D eigenvalue weighted by Gasteiger charge is 2.19. The first kappa shape index (κ1) is 35.8. The molecule has 7 aromatic rings. The molecule has 0 unspecified atom stereocenters. The van der Waals surface area contributed by atoms with Gasteiger partial charge in [0.25, 0.3) is 22.2 Å². The number of hydrogen-bond donors (Lipinski definition) is 1. The first-order valence-corrected chi connectivity index (χ1v) is 15.9. The highest BCUT2D eigenvalue weighted by molar-refractivity contribution is 5.98. The van der Waals surface area contributed by atoms with E-state index < -0.39 is 22.2 Å². The zero-order valence-electron chi connectivity index (χ0n) is 28.4. The van der Waals surface area contributed by atoms with Gasteiger partial charge in [-0.15, -0.1) is 0 Å². The summed E-state index contributed by atoms with van der Waals surface area (Å²) in [6.07, 6.45) is 0. The van der Waals surface area contributed by atoms with E-state index in [9.17, 15) is 19.2 Å². The standard InChI is InChI=1S/C36H24N2O6.2C2H6.H3N/c1-21-5-3-7-27(17-21)43-25-13-9-22(10-14-25)23-11-15-26(16-12-23)44-28-8-4-6-24(18-28)38-35(41)31-19-29-30(20-32(31)36(38)42)34(40)37(2)33(29)39;2*1-2;/h3-20H,1-2H3;2*1-2H3;1H3. The number of aryl methyl sites for hydroxylation is 1. The molecule has 7 rings (SSSR count). The molecule has 0 aliphatic heterocycles. The largest absolute Gasteiger partial charge is 0.457 e. The smallest absolute Gasteiger partial charge is 0.266 e. The topological polar surface area (TPSA) is 132 Å². The average molecular weight is 658 g/mol. The second-order valence-electron chi connectivity index (χ2n) is 10.6. The van der Waals surface area contributed by atoms with E-state index in [0.29, 0.717) is 17.2 Å². The Hall–Kier alpha value is -6.06. The second kappa shape index (κ2) is 15.2. The summed E-state index contributed by atoms with van der Waals surface area (Å²) in [7, 11) is 1.37. The normalized spacial score (nSPS) is 10.4. The van der Waals surface area contributed by atoms with Crippen LogP contribution in [0.4, 0.5) is 0 Å². The summed E-state index contributed by atoms with van der Waals surface area (Å²) in [5.74, 6) is 2.54. The van der Waals surface area contributed by atoms with Crippen LogP contribution >= 0.6 is 0 Å². The molecule has 2 heterocycles. The molecule has 0 atom stereocenters. The van der Waals surface area contributed by atoms with Crippen molar-refractivity contribution in [1.82, 2.24) is 15.3 Å². The lowest BCUT2D eigenvalue weighted by Gasteiger charge is -2.10. The minimum Gasteiger partial charge on any atom is -0.457 e. The molecular weight excluding hydrogens is 618 g/mol. The summed E-state index contributed by atoms with van der Waals surface area (Å²) in [4.78, 5) is 51.4. The summed E-state index contributed by atoms with van der Waals surface area (Å²) >= 11 is 0. The molecular formula is C40H39N3O6. The van der Waals surface area contributed by atoms with Crippen LogP contribution in [-0.2, 0) is 7.05 Å². The van der Waals surface area contributed by atoms with Crippen molar-refractivity contribution in [2.24, 2.45) is 7.05 Å². The van der Waals surface area contributed by atoms with Crippen molar-refractivity contribution in [3.05, 3.63) is 156 Å². The third-order valence-corrected chi connectivity index (χ3v) is 7.67. The summed E-state index contributed by atoms with van der Waals surface area (Å²) in [5, 5.41) is 0.404. The van der Waals surface area contributed by atoms with Gasteiger partial charge in [0.1, 0.15) is 23.0 Å². The lowest BCUT2D eigenvalue weighted by atomic mass is 10.1. The van der Waals surface area contributed by atoms with Gasteiger partial charge in [-0.1, -0.05) is 70.2 Å². The quantitative estimate of drug-likeness (QED) is 0.191. The average Bonchev–Trinajstić information content (AvgIpc) is 3.49. The van der Waals surface area contributed by atoms with E-state index in [4.69, 9.17) is 9.47 Å². The Morgan fingerprint density at radius 1 is 0.469 bits per heavy atom. The molecule has 9 heteroatoms. The Balaban J connectivity index is 0.00000104. The van der Waals surface area contributed by atoms with Crippen molar-refractivity contribution < 1.29 is 9.47 Å². The maximum absolute atomic E-state index is 13.3. The van der Waals surface area contributed by atoms with Gasteiger partial charge in [-0.05, 0) is 84.3 Å². The molecule has 3 N–H and O–H groups in total. The Morgan fingerprint density at radius 3 is 1.33 bits per heavy atom. The van der Waals surface area contributed by atoms with Crippen molar-refractivity contribution in [3.63, 3.8) is 0 Å². The molecule has 0 amide bonds. The fourth-order valence-electron chi connectivity index (χ4n) is 5.40. The second-order valence-corrected chi connectivity index (χ2v) is 10.6. The van der Waals surface area contributed by atoms with Crippen molar-refractivity contribution in [2.45, 2.75) is 34.6 Å². The van der Waals surface area contributed by atoms with Gasteiger partial charge < -0.3 is 15.6 Å². The number of benzene rings is 5. The molecule has 0 radical (unpaired) electrons. The van der Waals surface area contributed by atoms with E-state index in [2.05, 4.69) is 0 Å². The highest BCUT2D eigenvalue weighted by atomic mass is 16.5. The Labute approximate surface area is 283 Å². The van der Waals surface area contributed by atoms with E-state index in [-0.39, 0.29) is 27.7 Å². The molecule has 0 aliphatic carbocycles. The van der Waals surface area contributed by atoms with E-state index in [1.54, 1.807) is 24.3 Å². The van der Waals surface area contributed by atoms with Crippen LogP contribution in [0.5, 0.6) is 23.0 Å². The first-order chi connectivity index (χ1) is 23.3.